The van der Waals surface area contributed by atoms with Gasteiger partial charge in [-0.15, -0.1) is 11.8 Å². The number of thioether (sulfide) groups is 1. The predicted octanol–water partition coefficient (Wildman–Crippen LogP) is 7.20. The fourth-order valence-electron chi connectivity index (χ4n) is 5.12. The summed E-state index contributed by atoms with van der Waals surface area (Å²) in [5.41, 5.74) is 4.43. The molecule has 5 atom stereocenters. The van der Waals surface area contributed by atoms with Crippen molar-refractivity contribution in [3.8, 4) is 0 Å². The largest absolute Gasteiger partial charge is 0.374 e. The Kier molecular flexibility index (Phi) is 11.4. The van der Waals surface area contributed by atoms with Gasteiger partial charge in [0.2, 0.25) is 0 Å². The molecule has 0 radical (unpaired) electrons. The summed E-state index contributed by atoms with van der Waals surface area (Å²) in [7, 11) is 0. The average molecular weight is 583 g/mol. The Bertz CT molecular complexity index is 1330. The van der Waals surface area contributed by atoms with E-state index in [1.54, 1.807) is 11.8 Å². The van der Waals surface area contributed by atoms with Crippen LogP contribution >= 0.6 is 11.8 Å². The van der Waals surface area contributed by atoms with Gasteiger partial charge in [-0.05, 0) is 35.7 Å². The molecule has 0 N–H and O–H groups in total. The first-order chi connectivity index (χ1) is 20.7. The van der Waals surface area contributed by atoms with Gasteiger partial charge in [0.15, 0.2) is 0 Å². The van der Waals surface area contributed by atoms with Crippen LogP contribution in [0.2, 0.25) is 0 Å². The molecule has 0 unspecified atom stereocenters. The molecule has 6 heteroatoms. The molecule has 4 aromatic carbocycles. The predicted molar refractivity (Wildman–Crippen MR) is 166 cm³/mol. The van der Waals surface area contributed by atoms with Crippen molar-refractivity contribution in [3.63, 3.8) is 0 Å². The van der Waals surface area contributed by atoms with E-state index in [0.29, 0.717) is 26.4 Å². The van der Waals surface area contributed by atoms with E-state index < -0.39 is 12.2 Å². The van der Waals surface area contributed by atoms with Crippen LogP contribution in [-0.4, -0.2) is 42.6 Å². The number of ether oxygens (including phenoxy) is 4. The van der Waals surface area contributed by atoms with E-state index >= 15 is 0 Å². The third-order valence-electron chi connectivity index (χ3n) is 7.32. The van der Waals surface area contributed by atoms with E-state index in [1.807, 2.05) is 66.7 Å². The Balaban J connectivity index is 1.43. The summed E-state index contributed by atoms with van der Waals surface area (Å²) in [5.74, 6) is 0. The number of benzene rings is 4. The molecule has 1 saturated heterocycles. The highest BCUT2D eigenvalue weighted by Crippen LogP contribution is 2.39. The van der Waals surface area contributed by atoms with Crippen LogP contribution in [0.4, 0.5) is 0 Å². The maximum absolute atomic E-state index is 11.9. The van der Waals surface area contributed by atoms with Crippen LogP contribution in [0.3, 0.4) is 0 Å². The van der Waals surface area contributed by atoms with Crippen molar-refractivity contribution in [2.75, 3.05) is 6.61 Å². The molecule has 218 valence electrons. The minimum atomic E-state index is -0.421. The lowest BCUT2D eigenvalue weighted by atomic mass is 9.95. The fraction of sp³-hybridized carbons (Fsp3) is 0.306. The lowest BCUT2D eigenvalue weighted by Gasteiger charge is -2.46. The molecular weight excluding hydrogens is 544 g/mol. The van der Waals surface area contributed by atoms with E-state index in [9.17, 15) is 4.79 Å². The molecule has 1 heterocycles. The zero-order valence-corrected chi connectivity index (χ0v) is 24.7. The topological polar surface area (TPSA) is 54.0 Å². The first-order valence-corrected chi connectivity index (χ1v) is 15.3. The maximum atomic E-state index is 11.9. The quantitative estimate of drug-likeness (QED) is 0.147. The maximum Gasteiger partial charge on any atom is 0.122 e. The standard InChI is InChI=1S/C36H38O5S/c1-27-17-19-31(20-18-27)42-36-32(21-22-37)41-33(26-38-23-28-11-5-2-6-12-28)34(39-24-29-13-7-3-8-14-29)35(36)40-25-30-15-9-4-10-16-30/h2-20,22,32-36H,21,23-26H2,1H3/t32-,33+,34+,35-,36-/m0/s1. The van der Waals surface area contributed by atoms with Gasteiger partial charge in [-0.1, -0.05) is 109 Å². The molecular formula is C36H38O5S. The average Bonchev–Trinajstić information content (AvgIpc) is 3.03. The van der Waals surface area contributed by atoms with Crippen molar-refractivity contribution >= 4 is 18.0 Å². The third-order valence-corrected chi connectivity index (χ3v) is 8.70. The van der Waals surface area contributed by atoms with Crippen molar-refractivity contribution in [3.05, 3.63) is 138 Å². The number of carbonyl (C=O) groups is 1. The van der Waals surface area contributed by atoms with Gasteiger partial charge < -0.3 is 23.7 Å². The van der Waals surface area contributed by atoms with E-state index in [-0.39, 0.29) is 23.9 Å². The summed E-state index contributed by atoms with van der Waals surface area (Å²) < 4.78 is 26.3. The van der Waals surface area contributed by atoms with Gasteiger partial charge in [-0.25, -0.2) is 0 Å². The minimum absolute atomic E-state index is 0.173. The highest BCUT2D eigenvalue weighted by atomic mass is 32.2. The lowest BCUT2D eigenvalue weighted by molar-refractivity contribution is -0.216. The van der Waals surface area contributed by atoms with Gasteiger partial charge in [-0.3, -0.25) is 0 Å². The number of rotatable bonds is 14. The van der Waals surface area contributed by atoms with E-state index in [0.717, 1.165) is 27.9 Å². The number of hydrogen-bond donors (Lipinski definition) is 0. The molecule has 1 aliphatic rings. The molecule has 5 nitrogen and oxygen atoms in total. The van der Waals surface area contributed by atoms with Gasteiger partial charge >= 0.3 is 0 Å². The Morgan fingerprint density at radius 3 is 1.74 bits per heavy atom. The van der Waals surface area contributed by atoms with Crippen LogP contribution < -0.4 is 0 Å². The Morgan fingerprint density at radius 2 is 1.19 bits per heavy atom. The molecule has 1 aliphatic heterocycles. The Hall–Kier alpha value is -3.26. The fourth-order valence-corrected chi connectivity index (χ4v) is 6.42. The molecule has 4 aromatic rings. The molecule has 0 aliphatic carbocycles. The summed E-state index contributed by atoms with van der Waals surface area (Å²) in [6, 6.07) is 38.8. The Labute approximate surface area is 253 Å². The van der Waals surface area contributed by atoms with Crippen LogP contribution in [-0.2, 0) is 43.6 Å². The summed E-state index contributed by atoms with van der Waals surface area (Å²) in [5, 5.41) is -0.173. The molecule has 0 spiro atoms. The van der Waals surface area contributed by atoms with Crippen LogP contribution in [0.5, 0.6) is 0 Å². The van der Waals surface area contributed by atoms with Crippen LogP contribution in [0, 0.1) is 6.92 Å². The second-order valence-electron chi connectivity index (χ2n) is 10.5. The van der Waals surface area contributed by atoms with E-state index in [1.165, 1.54) is 5.56 Å². The van der Waals surface area contributed by atoms with Gasteiger partial charge in [0.05, 0.1) is 37.8 Å². The number of hydrogen-bond acceptors (Lipinski definition) is 6. The summed E-state index contributed by atoms with van der Waals surface area (Å²) in [6.45, 7) is 3.69. The molecule has 1 fully saturated rings. The molecule has 5 rings (SSSR count). The molecule has 0 saturated carbocycles. The highest BCUT2D eigenvalue weighted by Gasteiger charge is 2.47. The van der Waals surface area contributed by atoms with E-state index in [4.69, 9.17) is 18.9 Å². The number of aldehydes is 1. The normalized spacial score (nSPS) is 22.1. The summed E-state index contributed by atoms with van der Waals surface area (Å²) >= 11 is 1.68. The van der Waals surface area contributed by atoms with Crippen molar-refractivity contribution in [1.82, 2.24) is 0 Å². The lowest BCUT2D eigenvalue weighted by Crippen LogP contribution is -2.59. The second kappa shape index (κ2) is 15.8. The van der Waals surface area contributed by atoms with Gasteiger partial charge in [0.1, 0.15) is 24.6 Å². The van der Waals surface area contributed by atoms with Gasteiger partial charge in [-0.2, -0.15) is 0 Å². The second-order valence-corrected chi connectivity index (χ2v) is 11.8. The molecule has 0 aromatic heterocycles. The number of carbonyl (C=O) groups excluding carboxylic acids is 1. The Morgan fingerprint density at radius 1 is 0.667 bits per heavy atom. The zero-order valence-electron chi connectivity index (χ0n) is 23.9. The highest BCUT2D eigenvalue weighted by molar-refractivity contribution is 8.00. The third kappa shape index (κ3) is 8.63. The van der Waals surface area contributed by atoms with Crippen molar-refractivity contribution in [2.24, 2.45) is 0 Å². The van der Waals surface area contributed by atoms with Crippen LogP contribution in [0.25, 0.3) is 0 Å². The van der Waals surface area contributed by atoms with Crippen molar-refractivity contribution in [1.29, 1.82) is 0 Å². The van der Waals surface area contributed by atoms with Crippen LogP contribution in [0.15, 0.2) is 120 Å². The monoisotopic (exact) mass is 582 g/mol. The van der Waals surface area contributed by atoms with Crippen LogP contribution in [0.1, 0.15) is 28.7 Å². The molecule has 0 bridgehead atoms. The molecule has 42 heavy (non-hydrogen) atoms. The molecule has 0 amide bonds. The summed E-state index contributed by atoms with van der Waals surface area (Å²) in [6.07, 6.45) is -0.362. The van der Waals surface area contributed by atoms with Crippen molar-refractivity contribution in [2.45, 2.75) is 67.7 Å². The number of aryl methyl sites for hydroxylation is 1. The van der Waals surface area contributed by atoms with E-state index in [2.05, 4.69) is 55.5 Å². The SMILES string of the molecule is Cc1ccc(S[C@@H]2[C@@H](OCc3ccccc3)[C@H](OCc3ccccc3)[C@@H](COCc3ccccc3)O[C@H]2CC=O)cc1. The van der Waals surface area contributed by atoms with Gasteiger partial charge in [0, 0.05) is 11.3 Å². The van der Waals surface area contributed by atoms with Gasteiger partial charge in [0.25, 0.3) is 0 Å². The van der Waals surface area contributed by atoms with Crippen molar-refractivity contribution < 1.29 is 23.7 Å². The minimum Gasteiger partial charge on any atom is -0.374 e. The summed E-state index contributed by atoms with van der Waals surface area (Å²) in [4.78, 5) is 13.0. The first kappa shape index (κ1) is 30.2. The smallest absolute Gasteiger partial charge is 0.122 e. The zero-order chi connectivity index (χ0) is 29.0. The first-order valence-electron chi connectivity index (χ1n) is 14.4.